The maximum atomic E-state index is 12.5. The van der Waals surface area contributed by atoms with E-state index in [0.717, 1.165) is 17.5 Å². The Labute approximate surface area is 206 Å². The zero-order valence-electron chi connectivity index (χ0n) is 20.4. The second kappa shape index (κ2) is 10.5. The average Bonchev–Trinajstić information content (AvgIpc) is 3.57. The van der Waals surface area contributed by atoms with E-state index in [9.17, 15) is 19.5 Å². The smallest absolute Gasteiger partial charge is 0.407 e. The number of ether oxygens (including phenoxy) is 1. The molecule has 2 aromatic rings. The molecule has 2 aliphatic rings. The van der Waals surface area contributed by atoms with Crippen LogP contribution in [0.4, 0.5) is 4.79 Å². The SMILES string of the molecule is CC(C)C[C@H](CNC(=O)OCC1c2ccccc2-c2ccccc21)CC(=O)NCC1(C(=O)O)CC1. The van der Waals surface area contributed by atoms with E-state index < -0.39 is 17.5 Å². The van der Waals surface area contributed by atoms with E-state index in [1.54, 1.807) is 0 Å². The first-order chi connectivity index (χ1) is 16.8. The van der Waals surface area contributed by atoms with Gasteiger partial charge in [0, 0.05) is 25.4 Å². The number of hydrogen-bond donors (Lipinski definition) is 3. The van der Waals surface area contributed by atoms with Crippen molar-refractivity contribution in [3.8, 4) is 11.1 Å². The minimum absolute atomic E-state index is 0.00521. The van der Waals surface area contributed by atoms with Crippen LogP contribution >= 0.6 is 0 Å². The molecule has 1 fully saturated rings. The lowest BCUT2D eigenvalue weighted by molar-refractivity contribution is -0.143. The van der Waals surface area contributed by atoms with Gasteiger partial charge in [-0.05, 0) is 53.4 Å². The van der Waals surface area contributed by atoms with E-state index in [2.05, 4.69) is 48.7 Å². The molecule has 7 heteroatoms. The number of carbonyl (C=O) groups is 3. The number of benzene rings is 2. The molecule has 186 valence electrons. The van der Waals surface area contributed by atoms with Crippen molar-refractivity contribution in [3.63, 3.8) is 0 Å². The summed E-state index contributed by atoms with van der Waals surface area (Å²) in [7, 11) is 0. The summed E-state index contributed by atoms with van der Waals surface area (Å²) in [5, 5.41) is 14.9. The van der Waals surface area contributed by atoms with E-state index >= 15 is 0 Å². The second-order valence-electron chi connectivity index (χ2n) is 10.3. The first-order valence-corrected chi connectivity index (χ1v) is 12.4. The van der Waals surface area contributed by atoms with Crippen molar-refractivity contribution in [1.29, 1.82) is 0 Å². The molecule has 3 N–H and O–H groups in total. The molecular formula is C28H34N2O5. The fraction of sp³-hybridized carbons (Fsp3) is 0.464. The van der Waals surface area contributed by atoms with E-state index in [4.69, 9.17) is 4.74 Å². The molecule has 0 aliphatic heterocycles. The average molecular weight is 479 g/mol. The molecule has 4 rings (SSSR count). The lowest BCUT2D eigenvalue weighted by Gasteiger charge is -2.20. The minimum Gasteiger partial charge on any atom is -0.481 e. The molecule has 7 nitrogen and oxygen atoms in total. The van der Waals surface area contributed by atoms with Gasteiger partial charge < -0.3 is 20.5 Å². The van der Waals surface area contributed by atoms with Gasteiger partial charge in [-0.25, -0.2) is 4.79 Å². The molecule has 2 aliphatic carbocycles. The number of fused-ring (bicyclic) bond motifs is 3. The van der Waals surface area contributed by atoms with E-state index in [-0.39, 0.29) is 37.3 Å². The van der Waals surface area contributed by atoms with Crippen LogP contribution < -0.4 is 10.6 Å². The van der Waals surface area contributed by atoms with Crippen LogP contribution in [0.2, 0.25) is 0 Å². The largest absolute Gasteiger partial charge is 0.481 e. The summed E-state index contributed by atoms with van der Waals surface area (Å²) in [5.41, 5.74) is 3.88. The number of nitrogens with one attached hydrogen (secondary N) is 2. The molecule has 2 amide bonds. The Kier molecular flexibility index (Phi) is 7.43. The molecule has 0 saturated heterocycles. The van der Waals surface area contributed by atoms with Crippen molar-refractivity contribution in [2.75, 3.05) is 19.7 Å². The molecule has 0 aromatic heterocycles. The summed E-state index contributed by atoms with van der Waals surface area (Å²) in [6, 6.07) is 16.4. The Morgan fingerprint density at radius 3 is 2.14 bits per heavy atom. The molecule has 0 bridgehead atoms. The number of carboxylic acids is 1. The third-order valence-electron chi connectivity index (χ3n) is 7.09. The molecule has 0 heterocycles. The van der Waals surface area contributed by atoms with Crippen LogP contribution in [-0.4, -0.2) is 42.8 Å². The van der Waals surface area contributed by atoms with Gasteiger partial charge in [-0.15, -0.1) is 0 Å². The van der Waals surface area contributed by atoms with Gasteiger partial charge >= 0.3 is 12.1 Å². The van der Waals surface area contributed by atoms with Gasteiger partial charge in [-0.2, -0.15) is 0 Å². The van der Waals surface area contributed by atoms with Crippen LogP contribution in [0.15, 0.2) is 48.5 Å². The summed E-state index contributed by atoms with van der Waals surface area (Å²) in [4.78, 5) is 36.3. The first-order valence-electron chi connectivity index (χ1n) is 12.4. The molecule has 0 radical (unpaired) electrons. The van der Waals surface area contributed by atoms with Crippen LogP contribution in [0.3, 0.4) is 0 Å². The van der Waals surface area contributed by atoms with Crippen LogP contribution in [0.5, 0.6) is 0 Å². The third kappa shape index (κ3) is 5.84. The van der Waals surface area contributed by atoms with Gasteiger partial charge in [0.05, 0.1) is 5.41 Å². The Bertz CT molecular complexity index is 1050. The number of aliphatic carboxylic acids is 1. The van der Waals surface area contributed by atoms with Crippen molar-refractivity contribution in [2.45, 2.75) is 45.4 Å². The maximum Gasteiger partial charge on any atom is 0.407 e. The van der Waals surface area contributed by atoms with Gasteiger partial charge in [-0.1, -0.05) is 62.4 Å². The molecule has 0 spiro atoms. The summed E-state index contributed by atoms with van der Waals surface area (Å²) < 4.78 is 5.61. The van der Waals surface area contributed by atoms with Crippen LogP contribution in [0, 0.1) is 17.3 Å². The standard InChI is InChI=1S/C28H34N2O5/c1-18(2)13-19(14-25(31)30-17-28(11-12-28)26(32)33)15-29-27(34)35-16-24-22-9-5-3-7-20(22)21-8-4-6-10-23(21)24/h3-10,18-19,24H,11-17H2,1-2H3,(H,29,34)(H,30,31)(H,32,33)/t19-/m0/s1. The van der Waals surface area contributed by atoms with E-state index in [1.807, 2.05) is 24.3 Å². The molecule has 0 unspecified atom stereocenters. The summed E-state index contributed by atoms with van der Waals surface area (Å²) in [5.74, 6) is -0.748. The van der Waals surface area contributed by atoms with Gasteiger partial charge in [0.15, 0.2) is 0 Å². The molecule has 1 atom stereocenters. The zero-order chi connectivity index (χ0) is 25.0. The fourth-order valence-corrected chi connectivity index (χ4v) is 5.00. The molecular weight excluding hydrogens is 444 g/mol. The third-order valence-corrected chi connectivity index (χ3v) is 7.09. The van der Waals surface area contributed by atoms with Crippen LogP contribution in [0.25, 0.3) is 11.1 Å². The Balaban J connectivity index is 1.28. The lowest BCUT2D eigenvalue weighted by atomic mass is 9.93. The van der Waals surface area contributed by atoms with Crippen LogP contribution in [0.1, 0.15) is 56.6 Å². The first kappa shape index (κ1) is 24.8. The number of amides is 2. The topological polar surface area (TPSA) is 105 Å². The monoisotopic (exact) mass is 478 g/mol. The summed E-state index contributed by atoms with van der Waals surface area (Å²) >= 11 is 0. The number of carboxylic acid groups (broad SMARTS) is 1. The highest BCUT2D eigenvalue weighted by atomic mass is 16.5. The van der Waals surface area contributed by atoms with E-state index in [0.29, 0.717) is 25.3 Å². The quantitative estimate of drug-likeness (QED) is 0.439. The van der Waals surface area contributed by atoms with Crippen molar-refractivity contribution in [2.24, 2.45) is 17.3 Å². The number of carbonyl (C=O) groups excluding carboxylic acids is 2. The van der Waals surface area contributed by atoms with Gasteiger partial charge in [0.25, 0.3) is 0 Å². The van der Waals surface area contributed by atoms with Crippen molar-refractivity contribution < 1.29 is 24.2 Å². The summed E-state index contributed by atoms with van der Waals surface area (Å²) in [6.45, 7) is 4.87. The molecule has 2 aromatic carbocycles. The lowest BCUT2D eigenvalue weighted by Crippen LogP contribution is -2.37. The predicted molar refractivity (Wildman–Crippen MR) is 133 cm³/mol. The Morgan fingerprint density at radius 2 is 1.60 bits per heavy atom. The Hall–Kier alpha value is -3.35. The van der Waals surface area contributed by atoms with Crippen molar-refractivity contribution in [3.05, 3.63) is 59.7 Å². The predicted octanol–water partition coefficient (Wildman–Crippen LogP) is 4.56. The second-order valence-corrected chi connectivity index (χ2v) is 10.3. The number of alkyl carbamates (subject to hydrolysis) is 1. The fourth-order valence-electron chi connectivity index (χ4n) is 5.00. The Morgan fingerprint density at radius 1 is 1.00 bits per heavy atom. The summed E-state index contributed by atoms with van der Waals surface area (Å²) in [6.07, 6.45) is 1.70. The molecule has 1 saturated carbocycles. The van der Waals surface area contributed by atoms with Gasteiger partial charge in [0.1, 0.15) is 6.61 Å². The molecule has 35 heavy (non-hydrogen) atoms. The highest BCUT2D eigenvalue weighted by molar-refractivity contribution is 5.81. The number of hydrogen-bond acceptors (Lipinski definition) is 4. The van der Waals surface area contributed by atoms with Gasteiger partial charge in [-0.3, -0.25) is 9.59 Å². The van der Waals surface area contributed by atoms with Crippen molar-refractivity contribution in [1.82, 2.24) is 10.6 Å². The van der Waals surface area contributed by atoms with Crippen molar-refractivity contribution >= 4 is 18.0 Å². The maximum absolute atomic E-state index is 12.5. The zero-order valence-corrected chi connectivity index (χ0v) is 20.4. The number of rotatable bonds is 11. The van der Waals surface area contributed by atoms with Crippen LogP contribution in [-0.2, 0) is 14.3 Å². The normalized spacial score (nSPS) is 16.2. The highest BCUT2D eigenvalue weighted by Gasteiger charge is 2.50. The van der Waals surface area contributed by atoms with Gasteiger partial charge in [0.2, 0.25) is 5.91 Å². The minimum atomic E-state index is -0.853. The van der Waals surface area contributed by atoms with E-state index in [1.165, 1.54) is 11.1 Å². The highest BCUT2D eigenvalue weighted by Crippen LogP contribution is 2.45.